The second-order valence-electron chi connectivity index (χ2n) is 5.56. The van der Waals surface area contributed by atoms with Gasteiger partial charge in [0.05, 0.1) is 19.3 Å². The summed E-state index contributed by atoms with van der Waals surface area (Å²) >= 11 is 0. The van der Waals surface area contributed by atoms with Crippen LogP contribution in [0.15, 0.2) is 30.3 Å². The van der Waals surface area contributed by atoms with Crippen LogP contribution in [0, 0.1) is 0 Å². The van der Waals surface area contributed by atoms with E-state index in [9.17, 15) is 4.79 Å². The Morgan fingerprint density at radius 2 is 2.00 bits per heavy atom. The van der Waals surface area contributed by atoms with E-state index in [1.165, 1.54) is 5.56 Å². The third-order valence-electron chi connectivity index (χ3n) is 3.94. The molecule has 1 aromatic carbocycles. The zero-order chi connectivity index (χ0) is 16.3. The highest BCUT2D eigenvalue weighted by atomic mass is 16.5. The quantitative estimate of drug-likeness (QED) is 0.711. The Balaban J connectivity index is 1.86. The fraction of sp³-hybridized carbons (Fsp3) is 0.588. The number of hydrogen-bond acceptors (Lipinski definition) is 4. The Morgan fingerprint density at radius 1 is 1.26 bits per heavy atom. The minimum absolute atomic E-state index is 0.129. The van der Waals surface area contributed by atoms with E-state index in [4.69, 9.17) is 9.47 Å². The van der Waals surface area contributed by atoms with Gasteiger partial charge in [0.1, 0.15) is 0 Å². The highest BCUT2D eigenvalue weighted by Crippen LogP contribution is 2.20. The number of morpholine rings is 1. The van der Waals surface area contributed by atoms with Crippen LogP contribution in [-0.4, -0.2) is 64.0 Å². The van der Waals surface area contributed by atoms with Crippen molar-refractivity contribution < 1.29 is 14.3 Å². The van der Waals surface area contributed by atoms with Gasteiger partial charge in [0, 0.05) is 39.9 Å². The van der Waals surface area contributed by atoms with Crippen molar-refractivity contribution in [1.82, 2.24) is 15.5 Å². The molecule has 0 radical (unpaired) electrons. The average molecular weight is 321 g/mol. The lowest BCUT2D eigenvalue weighted by Gasteiger charge is -2.34. The lowest BCUT2D eigenvalue weighted by atomic mass is 10.0. The number of carbonyl (C=O) groups excluding carboxylic acids is 1. The topological polar surface area (TPSA) is 62.8 Å². The molecule has 6 heteroatoms. The Morgan fingerprint density at radius 3 is 2.70 bits per heavy atom. The molecule has 6 nitrogen and oxygen atoms in total. The molecule has 1 aromatic rings. The highest BCUT2D eigenvalue weighted by Gasteiger charge is 2.22. The predicted octanol–water partition coefficient (Wildman–Crippen LogP) is 1.40. The van der Waals surface area contributed by atoms with Crippen molar-refractivity contribution in [2.24, 2.45) is 0 Å². The second kappa shape index (κ2) is 10.2. The van der Waals surface area contributed by atoms with Gasteiger partial charge in [-0.1, -0.05) is 30.3 Å². The van der Waals surface area contributed by atoms with E-state index < -0.39 is 0 Å². The lowest BCUT2D eigenvalue weighted by Crippen LogP contribution is -2.45. The summed E-state index contributed by atoms with van der Waals surface area (Å²) in [6.45, 7) is 5.11. The zero-order valence-electron chi connectivity index (χ0n) is 13.8. The fourth-order valence-corrected chi connectivity index (χ4v) is 2.69. The molecule has 23 heavy (non-hydrogen) atoms. The number of nitrogens with zero attached hydrogens (tertiary/aromatic N) is 1. The summed E-state index contributed by atoms with van der Waals surface area (Å²) in [4.78, 5) is 14.3. The number of ether oxygens (including phenoxy) is 2. The molecule has 1 aliphatic heterocycles. The molecule has 0 aliphatic carbocycles. The monoisotopic (exact) mass is 321 g/mol. The largest absolute Gasteiger partial charge is 0.385 e. The van der Waals surface area contributed by atoms with E-state index in [-0.39, 0.29) is 12.1 Å². The van der Waals surface area contributed by atoms with E-state index in [0.717, 1.165) is 32.7 Å². The van der Waals surface area contributed by atoms with E-state index in [1.54, 1.807) is 7.11 Å². The first-order valence-electron chi connectivity index (χ1n) is 8.18. The van der Waals surface area contributed by atoms with Gasteiger partial charge in [-0.3, -0.25) is 4.90 Å². The van der Waals surface area contributed by atoms with Gasteiger partial charge in [-0.2, -0.15) is 0 Å². The standard InChI is InChI=1S/C17H27N3O3/c1-22-11-5-8-18-17(21)19-14-16(15-6-3-2-4-7-15)20-9-12-23-13-10-20/h2-4,6-7,16H,5,8-14H2,1H3,(H2,18,19,21). The lowest BCUT2D eigenvalue weighted by molar-refractivity contribution is 0.0167. The summed E-state index contributed by atoms with van der Waals surface area (Å²) < 4.78 is 10.4. The van der Waals surface area contributed by atoms with Gasteiger partial charge in [0.15, 0.2) is 0 Å². The summed E-state index contributed by atoms with van der Waals surface area (Å²) in [5, 5.41) is 5.84. The van der Waals surface area contributed by atoms with Crippen molar-refractivity contribution in [1.29, 1.82) is 0 Å². The van der Waals surface area contributed by atoms with E-state index in [1.807, 2.05) is 18.2 Å². The molecular weight excluding hydrogens is 294 g/mol. The normalized spacial score (nSPS) is 16.7. The van der Waals surface area contributed by atoms with Crippen LogP contribution < -0.4 is 10.6 Å². The molecule has 1 unspecified atom stereocenters. The Kier molecular flexibility index (Phi) is 7.86. The number of rotatable bonds is 8. The highest BCUT2D eigenvalue weighted by molar-refractivity contribution is 5.73. The molecule has 2 N–H and O–H groups in total. The molecule has 2 amide bonds. The Hall–Kier alpha value is -1.63. The smallest absolute Gasteiger partial charge is 0.314 e. The number of urea groups is 1. The van der Waals surface area contributed by atoms with Gasteiger partial charge in [-0.25, -0.2) is 4.79 Å². The van der Waals surface area contributed by atoms with Crippen molar-refractivity contribution in [3.8, 4) is 0 Å². The molecule has 0 aromatic heterocycles. The molecule has 0 saturated carbocycles. The summed E-state index contributed by atoms with van der Waals surface area (Å²) in [7, 11) is 1.66. The van der Waals surface area contributed by atoms with Gasteiger partial charge in [0.25, 0.3) is 0 Å². The molecule has 0 bridgehead atoms. The summed E-state index contributed by atoms with van der Waals surface area (Å²) in [5.41, 5.74) is 1.22. The van der Waals surface area contributed by atoms with Crippen molar-refractivity contribution in [2.75, 3.05) is 53.1 Å². The third-order valence-corrected chi connectivity index (χ3v) is 3.94. The molecule has 1 saturated heterocycles. The molecule has 2 rings (SSSR count). The van der Waals surface area contributed by atoms with Crippen LogP contribution >= 0.6 is 0 Å². The van der Waals surface area contributed by atoms with Crippen molar-refractivity contribution >= 4 is 6.03 Å². The van der Waals surface area contributed by atoms with E-state index in [0.29, 0.717) is 19.7 Å². The van der Waals surface area contributed by atoms with Crippen LogP contribution in [0.4, 0.5) is 4.79 Å². The van der Waals surface area contributed by atoms with Gasteiger partial charge in [-0.05, 0) is 12.0 Å². The predicted molar refractivity (Wildman–Crippen MR) is 89.5 cm³/mol. The molecule has 0 spiro atoms. The van der Waals surface area contributed by atoms with Crippen molar-refractivity contribution in [2.45, 2.75) is 12.5 Å². The number of nitrogens with one attached hydrogen (secondary N) is 2. The van der Waals surface area contributed by atoms with Crippen molar-refractivity contribution in [3.63, 3.8) is 0 Å². The Labute approximate surface area is 138 Å². The Bertz CT molecular complexity index is 450. The average Bonchev–Trinajstić information content (AvgIpc) is 2.61. The minimum Gasteiger partial charge on any atom is -0.385 e. The first kappa shape index (κ1) is 17.7. The number of methoxy groups -OCH3 is 1. The number of amides is 2. The fourth-order valence-electron chi connectivity index (χ4n) is 2.69. The summed E-state index contributed by atoms with van der Waals surface area (Å²) in [6.07, 6.45) is 0.815. The van der Waals surface area contributed by atoms with Gasteiger partial charge in [0.2, 0.25) is 0 Å². The SMILES string of the molecule is COCCCNC(=O)NCC(c1ccccc1)N1CCOCC1. The van der Waals surface area contributed by atoms with E-state index in [2.05, 4.69) is 27.7 Å². The number of carbonyl (C=O) groups is 1. The number of hydrogen-bond donors (Lipinski definition) is 2. The maximum atomic E-state index is 11.9. The van der Waals surface area contributed by atoms with Gasteiger partial charge in [-0.15, -0.1) is 0 Å². The molecule has 1 heterocycles. The van der Waals surface area contributed by atoms with E-state index >= 15 is 0 Å². The third kappa shape index (κ3) is 6.17. The van der Waals surface area contributed by atoms with Crippen LogP contribution in [-0.2, 0) is 9.47 Å². The second-order valence-corrected chi connectivity index (χ2v) is 5.56. The molecule has 1 atom stereocenters. The number of benzene rings is 1. The van der Waals surface area contributed by atoms with Crippen LogP contribution in [0.25, 0.3) is 0 Å². The maximum absolute atomic E-state index is 11.9. The molecule has 128 valence electrons. The van der Waals surface area contributed by atoms with Crippen LogP contribution in [0.5, 0.6) is 0 Å². The minimum atomic E-state index is -0.129. The van der Waals surface area contributed by atoms with Crippen LogP contribution in [0.1, 0.15) is 18.0 Å². The zero-order valence-corrected chi connectivity index (χ0v) is 13.8. The van der Waals surface area contributed by atoms with Gasteiger partial charge >= 0.3 is 6.03 Å². The summed E-state index contributed by atoms with van der Waals surface area (Å²) in [6, 6.07) is 10.3. The van der Waals surface area contributed by atoms with Gasteiger partial charge < -0.3 is 20.1 Å². The molecular formula is C17H27N3O3. The van der Waals surface area contributed by atoms with Crippen LogP contribution in [0.3, 0.4) is 0 Å². The first-order valence-corrected chi connectivity index (χ1v) is 8.18. The first-order chi connectivity index (χ1) is 11.3. The molecule has 1 fully saturated rings. The molecule has 1 aliphatic rings. The van der Waals surface area contributed by atoms with Crippen LogP contribution in [0.2, 0.25) is 0 Å². The van der Waals surface area contributed by atoms with Crippen molar-refractivity contribution in [3.05, 3.63) is 35.9 Å². The maximum Gasteiger partial charge on any atom is 0.314 e. The summed E-state index contributed by atoms with van der Waals surface area (Å²) in [5.74, 6) is 0.